The quantitative estimate of drug-likeness (QED) is 0.527. The van der Waals surface area contributed by atoms with Gasteiger partial charge >= 0.3 is 0 Å². The van der Waals surface area contributed by atoms with Gasteiger partial charge in [0.05, 0.1) is 11.5 Å². The molecule has 4 nitrogen and oxygen atoms in total. The monoisotopic (exact) mass is 180 g/mol. The van der Waals surface area contributed by atoms with E-state index in [9.17, 15) is 10.1 Å². The average molecular weight is 180 g/mol. The van der Waals surface area contributed by atoms with Gasteiger partial charge in [-0.15, -0.1) is 0 Å². The third-order valence-corrected chi connectivity index (χ3v) is 1.46. The number of hydrogen-bond acceptors (Lipinski definition) is 3. The first-order valence-corrected chi connectivity index (χ1v) is 3.89. The van der Waals surface area contributed by atoms with Crippen LogP contribution in [0, 0.1) is 16.5 Å². The Morgan fingerprint density at radius 2 is 2.08 bits per heavy atom. The zero-order chi connectivity index (χ0) is 9.68. The zero-order valence-corrected chi connectivity index (χ0v) is 7.27. The molecule has 0 unspecified atom stereocenters. The van der Waals surface area contributed by atoms with Crippen molar-refractivity contribution in [1.82, 2.24) is 0 Å². The number of non-ortho nitro benzene ring substituents is 1. The molecule has 13 heavy (non-hydrogen) atoms. The number of rotatable bonds is 4. The number of nitro groups is 1. The van der Waals surface area contributed by atoms with Gasteiger partial charge < -0.3 is 4.74 Å². The number of ether oxygens (including phenoxy) is 1. The van der Waals surface area contributed by atoms with Crippen LogP contribution < -0.4 is 4.74 Å². The maximum atomic E-state index is 10.3. The Balaban J connectivity index is 2.64. The first-order valence-electron chi connectivity index (χ1n) is 3.89. The smallest absolute Gasteiger partial charge is 0.269 e. The van der Waals surface area contributed by atoms with Crippen molar-refractivity contribution in [2.45, 2.75) is 6.92 Å². The topological polar surface area (TPSA) is 52.4 Å². The Kier molecular flexibility index (Phi) is 3.25. The first kappa shape index (κ1) is 9.51. The Morgan fingerprint density at radius 3 is 2.54 bits per heavy atom. The molecule has 1 rings (SSSR count). The van der Waals surface area contributed by atoms with E-state index in [1.807, 2.05) is 13.3 Å². The minimum absolute atomic E-state index is 0.0767. The lowest BCUT2D eigenvalue weighted by molar-refractivity contribution is -0.384. The summed E-state index contributed by atoms with van der Waals surface area (Å²) in [5, 5.41) is 10.3. The molecule has 4 heteroatoms. The fraction of sp³-hybridized carbons (Fsp3) is 0.222. The van der Waals surface area contributed by atoms with Crippen LogP contribution in [0.4, 0.5) is 5.69 Å². The van der Waals surface area contributed by atoms with Crippen LogP contribution in [0.3, 0.4) is 0 Å². The zero-order valence-electron chi connectivity index (χ0n) is 7.27. The Hall–Kier alpha value is -1.58. The fourth-order valence-electron chi connectivity index (χ4n) is 0.844. The summed E-state index contributed by atoms with van der Waals surface area (Å²) in [7, 11) is 0. The van der Waals surface area contributed by atoms with E-state index in [4.69, 9.17) is 4.74 Å². The number of nitrogens with zero attached hydrogens (tertiary/aromatic N) is 1. The van der Waals surface area contributed by atoms with Gasteiger partial charge in [-0.2, -0.15) is 0 Å². The third kappa shape index (κ3) is 2.74. The van der Waals surface area contributed by atoms with E-state index in [0.717, 1.165) is 0 Å². The summed E-state index contributed by atoms with van der Waals surface area (Å²) >= 11 is 0. The molecule has 0 amide bonds. The molecular weight excluding hydrogens is 170 g/mol. The molecule has 1 aromatic rings. The number of hydrogen-bond donors (Lipinski definition) is 0. The van der Waals surface area contributed by atoms with Crippen molar-refractivity contribution in [3.63, 3.8) is 0 Å². The molecule has 69 valence electrons. The molecule has 0 aliphatic heterocycles. The predicted molar refractivity (Wildman–Crippen MR) is 48.6 cm³/mol. The van der Waals surface area contributed by atoms with E-state index < -0.39 is 4.92 Å². The van der Waals surface area contributed by atoms with Crippen LogP contribution in [-0.2, 0) is 0 Å². The van der Waals surface area contributed by atoms with Crippen LogP contribution in [0.2, 0.25) is 0 Å². The molecule has 0 bridgehead atoms. The standard InChI is InChI=1S/C9H10NO3/c1-2-7-13-9-5-3-8(4-6-9)10(11)12/h2-6H,7H2,1H3. The van der Waals surface area contributed by atoms with Gasteiger partial charge in [0.25, 0.3) is 5.69 Å². The van der Waals surface area contributed by atoms with Gasteiger partial charge in [-0.05, 0) is 18.6 Å². The highest BCUT2D eigenvalue weighted by atomic mass is 16.6. The molecule has 0 spiro atoms. The first-order chi connectivity index (χ1) is 6.24. The molecule has 0 atom stereocenters. The highest BCUT2D eigenvalue weighted by Crippen LogP contribution is 2.17. The van der Waals surface area contributed by atoms with Gasteiger partial charge in [0.15, 0.2) is 0 Å². The maximum Gasteiger partial charge on any atom is 0.269 e. The van der Waals surface area contributed by atoms with Crippen molar-refractivity contribution in [3.8, 4) is 5.75 Å². The molecule has 0 saturated heterocycles. The SMILES string of the molecule is C[CH]COc1ccc([N+](=O)[O-])cc1. The van der Waals surface area contributed by atoms with Gasteiger partial charge in [-0.25, -0.2) is 0 Å². The van der Waals surface area contributed by atoms with E-state index in [0.29, 0.717) is 12.4 Å². The van der Waals surface area contributed by atoms with Gasteiger partial charge in [-0.3, -0.25) is 10.1 Å². The second-order valence-corrected chi connectivity index (χ2v) is 2.47. The molecule has 0 N–H and O–H groups in total. The number of benzene rings is 1. The van der Waals surface area contributed by atoms with Gasteiger partial charge in [0.1, 0.15) is 5.75 Å². The van der Waals surface area contributed by atoms with E-state index >= 15 is 0 Å². The van der Waals surface area contributed by atoms with Crippen LogP contribution in [0.5, 0.6) is 5.75 Å². The van der Waals surface area contributed by atoms with Crippen molar-refractivity contribution in [2.75, 3.05) is 6.61 Å². The lowest BCUT2D eigenvalue weighted by Gasteiger charge is -2.02. The van der Waals surface area contributed by atoms with Gasteiger partial charge in [-0.1, -0.05) is 6.92 Å². The van der Waals surface area contributed by atoms with Crippen LogP contribution in [0.25, 0.3) is 0 Å². The van der Waals surface area contributed by atoms with E-state index in [2.05, 4.69) is 0 Å². The summed E-state index contributed by atoms with van der Waals surface area (Å²) in [4.78, 5) is 9.85. The van der Waals surface area contributed by atoms with Crippen molar-refractivity contribution in [3.05, 3.63) is 40.8 Å². The van der Waals surface area contributed by atoms with Crippen LogP contribution in [0.15, 0.2) is 24.3 Å². The van der Waals surface area contributed by atoms with E-state index in [-0.39, 0.29) is 5.69 Å². The molecule has 0 aliphatic rings. The van der Waals surface area contributed by atoms with Gasteiger partial charge in [0, 0.05) is 12.1 Å². The summed E-state index contributed by atoms with van der Waals surface area (Å²) in [6.45, 7) is 2.39. The third-order valence-electron chi connectivity index (χ3n) is 1.46. The molecule has 0 fully saturated rings. The summed E-state index contributed by atoms with van der Waals surface area (Å²) in [5.74, 6) is 0.642. The minimum atomic E-state index is -0.435. The highest BCUT2D eigenvalue weighted by molar-refractivity contribution is 5.35. The second kappa shape index (κ2) is 4.45. The minimum Gasteiger partial charge on any atom is -0.493 e. The fourth-order valence-corrected chi connectivity index (χ4v) is 0.844. The molecule has 0 saturated carbocycles. The molecule has 0 aromatic heterocycles. The summed E-state index contributed by atoms with van der Waals surface area (Å²) in [5.41, 5.74) is 0.0767. The van der Waals surface area contributed by atoms with Crippen LogP contribution in [0.1, 0.15) is 6.92 Å². The predicted octanol–water partition coefficient (Wildman–Crippen LogP) is 2.20. The molecule has 0 heterocycles. The number of nitro benzene ring substituents is 1. The van der Waals surface area contributed by atoms with Crippen molar-refractivity contribution in [2.24, 2.45) is 0 Å². The normalized spacial score (nSPS) is 9.62. The van der Waals surface area contributed by atoms with Crippen molar-refractivity contribution >= 4 is 5.69 Å². The Labute approximate surface area is 76.3 Å². The summed E-state index contributed by atoms with van der Waals surface area (Å²) < 4.78 is 5.21. The maximum absolute atomic E-state index is 10.3. The van der Waals surface area contributed by atoms with Crippen LogP contribution >= 0.6 is 0 Å². The summed E-state index contributed by atoms with van der Waals surface area (Å²) in [6, 6.07) is 6.01. The Morgan fingerprint density at radius 1 is 1.46 bits per heavy atom. The Bertz CT molecular complexity index is 281. The summed E-state index contributed by atoms with van der Waals surface area (Å²) in [6.07, 6.45) is 1.86. The highest BCUT2D eigenvalue weighted by Gasteiger charge is 2.03. The lowest BCUT2D eigenvalue weighted by Crippen LogP contribution is -1.95. The molecule has 0 aliphatic carbocycles. The van der Waals surface area contributed by atoms with Crippen molar-refractivity contribution in [1.29, 1.82) is 0 Å². The molecule has 1 aromatic carbocycles. The second-order valence-electron chi connectivity index (χ2n) is 2.47. The average Bonchev–Trinajstić information content (AvgIpc) is 2.15. The molecular formula is C9H10NO3. The van der Waals surface area contributed by atoms with E-state index in [1.54, 1.807) is 12.1 Å². The van der Waals surface area contributed by atoms with Gasteiger partial charge in [0.2, 0.25) is 0 Å². The lowest BCUT2D eigenvalue weighted by atomic mass is 10.3. The largest absolute Gasteiger partial charge is 0.493 e. The van der Waals surface area contributed by atoms with Crippen molar-refractivity contribution < 1.29 is 9.66 Å². The van der Waals surface area contributed by atoms with Crippen LogP contribution in [-0.4, -0.2) is 11.5 Å². The van der Waals surface area contributed by atoms with E-state index in [1.165, 1.54) is 12.1 Å². The molecule has 1 radical (unpaired) electrons.